The fourth-order valence-corrected chi connectivity index (χ4v) is 2.50. The van der Waals surface area contributed by atoms with Crippen molar-refractivity contribution >= 4 is 12.0 Å². The van der Waals surface area contributed by atoms with Crippen LogP contribution in [0.3, 0.4) is 0 Å². The minimum atomic E-state index is -0.466. The van der Waals surface area contributed by atoms with E-state index in [4.69, 9.17) is 4.74 Å². The van der Waals surface area contributed by atoms with Crippen LogP contribution in [0.1, 0.15) is 30.1 Å². The summed E-state index contributed by atoms with van der Waals surface area (Å²) in [4.78, 5) is 13.1. The number of piperidine rings is 1. The fraction of sp³-hybridized carbons (Fsp3) is 0.500. The molecule has 0 aromatic heterocycles. The van der Waals surface area contributed by atoms with Crippen LogP contribution >= 0.6 is 0 Å². The van der Waals surface area contributed by atoms with Crippen molar-refractivity contribution in [2.24, 2.45) is 0 Å². The van der Waals surface area contributed by atoms with Crippen LogP contribution in [0.4, 0.5) is 10.1 Å². The van der Waals surface area contributed by atoms with Crippen molar-refractivity contribution in [1.82, 2.24) is 0 Å². The molecule has 0 bridgehead atoms. The first-order valence-electron chi connectivity index (χ1n) is 6.13. The van der Waals surface area contributed by atoms with Crippen molar-refractivity contribution in [3.63, 3.8) is 0 Å². The van der Waals surface area contributed by atoms with Gasteiger partial charge in [0.1, 0.15) is 5.82 Å². The van der Waals surface area contributed by atoms with E-state index in [0.717, 1.165) is 19.4 Å². The summed E-state index contributed by atoms with van der Waals surface area (Å²) in [7, 11) is 1.69. The van der Waals surface area contributed by atoms with Gasteiger partial charge in [-0.3, -0.25) is 4.79 Å². The molecule has 0 amide bonds. The summed E-state index contributed by atoms with van der Waals surface area (Å²) in [5.74, 6) is -0.466. The van der Waals surface area contributed by atoms with Crippen molar-refractivity contribution in [3.8, 4) is 0 Å². The molecular weight excluding hydrogens is 233 g/mol. The highest BCUT2D eigenvalue weighted by Gasteiger charge is 2.31. The zero-order chi connectivity index (χ0) is 13.2. The second-order valence-corrected chi connectivity index (χ2v) is 4.97. The monoisotopic (exact) mass is 251 g/mol. The lowest BCUT2D eigenvalue weighted by atomic mass is 9.94. The van der Waals surface area contributed by atoms with Gasteiger partial charge in [0, 0.05) is 20.2 Å². The van der Waals surface area contributed by atoms with E-state index in [2.05, 4.69) is 0 Å². The van der Waals surface area contributed by atoms with Crippen molar-refractivity contribution in [2.45, 2.75) is 25.4 Å². The molecule has 1 aliphatic heterocycles. The second-order valence-electron chi connectivity index (χ2n) is 4.97. The minimum Gasteiger partial charge on any atom is -0.377 e. The third-order valence-corrected chi connectivity index (χ3v) is 3.64. The first kappa shape index (κ1) is 13.0. The molecule has 1 atom stereocenters. The van der Waals surface area contributed by atoms with E-state index in [1.807, 2.05) is 11.8 Å². The Morgan fingerprint density at radius 1 is 1.50 bits per heavy atom. The molecule has 0 saturated carbocycles. The topological polar surface area (TPSA) is 29.5 Å². The molecule has 1 heterocycles. The van der Waals surface area contributed by atoms with Crippen molar-refractivity contribution < 1.29 is 13.9 Å². The van der Waals surface area contributed by atoms with E-state index in [0.29, 0.717) is 18.5 Å². The van der Waals surface area contributed by atoms with Gasteiger partial charge in [0.05, 0.1) is 16.9 Å². The van der Waals surface area contributed by atoms with Crippen molar-refractivity contribution in [3.05, 3.63) is 29.6 Å². The van der Waals surface area contributed by atoms with Crippen LogP contribution < -0.4 is 4.90 Å². The van der Waals surface area contributed by atoms with Gasteiger partial charge < -0.3 is 9.64 Å². The quantitative estimate of drug-likeness (QED) is 0.773. The molecule has 3 nitrogen and oxygen atoms in total. The van der Waals surface area contributed by atoms with E-state index >= 15 is 0 Å². The lowest BCUT2D eigenvalue weighted by molar-refractivity contribution is -0.00469. The summed E-state index contributed by atoms with van der Waals surface area (Å²) in [6.45, 7) is 3.54. The maximum absolute atomic E-state index is 13.6. The number of methoxy groups -OCH3 is 1. The standard InChI is InChI=1S/C14H18FNO2/c1-14(18-2)7-4-8-16(10-14)13-6-3-5-12(15)11(13)9-17/h3,5-6,9H,4,7-8,10H2,1-2H3. The lowest BCUT2D eigenvalue weighted by Crippen LogP contribution is -2.47. The Morgan fingerprint density at radius 2 is 2.28 bits per heavy atom. The van der Waals surface area contributed by atoms with Gasteiger partial charge in [-0.05, 0) is 31.9 Å². The van der Waals surface area contributed by atoms with Gasteiger partial charge in [-0.15, -0.1) is 0 Å². The van der Waals surface area contributed by atoms with Crippen LogP contribution in [-0.4, -0.2) is 32.1 Å². The maximum atomic E-state index is 13.6. The number of hydrogen-bond donors (Lipinski definition) is 0. The van der Waals surface area contributed by atoms with Crippen molar-refractivity contribution in [1.29, 1.82) is 0 Å². The predicted molar refractivity (Wildman–Crippen MR) is 68.6 cm³/mol. The summed E-state index contributed by atoms with van der Waals surface area (Å²) < 4.78 is 19.1. The molecule has 1 fully saturated rings. The summed E-state index contributed by atoms with van der Waals surface area (Å²) in [6, 6.07) is 4.73. The highest BCUT2D eigenvalue weighted by atomic mass is 19.1. The van der Waals surface area contributed by atoms with Crippen LogP contribution in [-0.2, 0) is 4.74 Å². The Labute approximate surface area is 107 Å². The highest BCUT2D eigenvalue weighted by molar-refractivity contribution is 5.85. The number of hydrogen-bond acceptors (Lipinski definition) is 3. The molecule has 1 saturated heterocycles. The molecule has 98 valence electrons. The average Bonchev–Trinajstić information content (AvgIpc) is 2.38. The van der Waals surface area contributed by atoms with Gasteiger partial charge in [0.15, 0.2) is 6.29 Å². The minimum absolute atomic E-state index is 0.137. The summed E-state index contributed by atoms with van der Waals surface area (Å²) in [6.07, 6.45) is 2.54. The predicted octanol–water partition coefficient (Wildman–Crippen LogP) is 2.64. The number of carbonyl (C=O) groups excluding carboxylic acids is 1. The largest absolute Gasteiger partial charge is 0.377 e. The van der Waals surface area contributed by atoms with Crippen LogP contribution in [0.5, 0.6) is 0 Å². The zero-order valence-electron chi connectivity index (χ0n) is 10.8. The lowest BCUT2D eigenvalue weighted by Gasteiger charge is -2.41. The van der Waals surface area contributed by atoms with E-state index in [1.54, 1.807) is 19.2 Å². The third kappa shape index (κ3) is 2.38. The highest BCUT2D eigenvalue weighted by Crippen LogP contribution is 2.30. The van der Waals surface area contributed by atoms with Crippen LogP contribution in [0, 0.1) is 5.82 Å². The molecule has 1 unspecified atom stereocenters. The van der Waals surface area contributed by atoms with Gasteiger partial charge in [0.2, 0.25) is 0 Å². The number of halogens is 1. The molecule has 4 heteroatoms. The second kappa shape index (κ2) is 5.06. The number of aldehydes is 1. The first-order valence-corrected chi connectivity index (χ1v) is 6.13. The van der Waals surface area contributed by atoms with E-state index < -0.39 is 5.82 Å². The molecular formula is C14H18FNO2. The third-order valence-electron chi connectivity index (χ3n) is 3.64. The molecule has 1 aromatic carbocycles. The van der Waals surface area contributed by atoms with E-state index in [1.165, 1.54) is 6.07 Å². The first-order chi connectivity index (χ1) is 8.59. The Kier molecular flexibility index (Phi) is 3.66. The summed E-state index contributed by atoms with van der Waals surface area (Å²) in [5.41, 5.74) is 0.566. The molecule has 0 aliphatic carbocycles. The Morgan fingerprint density at radius 3 is 2.94 bits per heavy atom. The molecule has 0 N–H and O–H groups in total. The molecule has 0 spiro atoms. The molecule has 2 rings (SSSR count). The number of rotatable bonds is 3. The normalized spacial score (nSPS) is 24.1. The number of ether oxygens (including phenoxy) is 1. The summed E-state index contributed by atoms with van der Waals surface area (Å²) in [5, 5.41) is 0. The molecule has 1 aliphatic rings. The SMILES string of the molecule is COC1(C)CCCN(c2cccc(F)c2C=O)C1. The Hall–Kier alpha value is -1.42. The maximum Gasteiger partial charge on any atom is 0.155 e. The van der Waals surface area contributed by atoms with E-state index in [-0.39, 0.29) is 11.2 Å². The van der Waals surface area contributed by atoms with Gasteiger partial charge in [-0.1, -0.05) is 6.07 Å². The fourth-order valence-electron chi connectivity index (χ4n) is 2.50. The number of benzene rings is 1. The zero-order valence-corrected chi connectivity index (χ0v) is 10.8. The average molecular weight is 251 g/mol. The van der Waals surface area contributed by atoms with Crippen molar-refractivity contribution in [2.75, 3.05) is 25.1 Å². The Bertz CT molecular complexity index is 449. The van der Waals surface area contributed by atoms with E-state index in [9.17, 15) is 9.18 Å². The van der Waals surface area contributed by atoms with Gasteiger partial charge in [-0.2, -0.15) is 0 Å². The van der Waals surface area contributed by atoms with Crippen LogP contribution in [0.15, 0.2) is 18.2 Å². The Balaban J connectivity index is 2.31. The van der Waals surface area contributed by atoms with Gasteiger partial charge >= 0.3 is 0 Å². The number of nitrogens with zero attached hydrogens (tertiary/aromatic N) is 1. The molecule has 0 radical (unpaired) electrons. The summed E-state index contributed by atoms with van der Waals surface area (Å²) >= 11 is 0. The number of carbonyl (C=O) groups is 1. The van der Waals surface area contributed by atoms with Crippen LogP contribution in [0.2, 0.25) is 0 Å². The van der Waals surface area contributed by atoms with Gasteiger partial charge in [0.25, 0.3) is 0 Å². The van der Waals surface area contributed by atoms with Gasteiger partial charge in [-0.25, -0.2) is 4.39 Å². The molecule has 1 aromatic rings. The molecule has 18 heavy (non-hydrogen) atoms. The van der Waals surface area contributed by atoms with Crippen LogP contribution in [0.25, 0.3) is 0 Å². The smallest absolute Gasteiger partial charge is 0.155 e. The number of anilines is 1.